The fourth-order valence-electron chi connectivity index (χ4n) is 1.56. The molecule has 0 saturated heterocycles. The van der Waals surface area contributed by atoms with Gasteiger partial charge in [0.2, 0.25) is 11.8 Å². The molecule has 1 N–H and O–H groups in total. The number of hydrogen-bond acceptors (Lipinski definition) is 2. The number of nitrogens with zero attached hydrogens (tertiary/aromatic N) is 1. The van der Waals surface area contributed by atoms with Crippen molar-refractivity contribution in [2.75, 3.05) is 18.0 Å². The van der Waals surface area contributed by atoms with E-state index >= 15 is 0 Å². The molecule has 0 aromatic heterocycles. The summed E-state index contributed by atoms with van der Waals surface area (Å²) < 4.78 is 0. The topological polar surface area (TPSA) is 49.4 Å². The van der Waals surface area contributed by atoms with E-state index in [1.165, 1.54) is 6.92 Å². The summed E-state index contributed by atoms with van der Waals surface area (Å²) in [7, 11) is 0. The Morgan fingerprint density at radius 3 is 2.56 bits per heavy atom. The number of carbonyl (C=O) groups excluding carboxylic acids is 2. The maximum atomic E-state index is 11.5. The second-order valence-corrected chi connectivity index (χ2v) is 3.85. The lowest BCUT2D eigenvalue weighted by Gasteiger charge is -2.20. The molecule has 96 valence electrons. The van der Waals surface area contributed by atoms with Crippen molar-refractivity contribution in [3.63, 3.8) is 0 Å². The zero-order chi connectivity index (χ0) is 13.4. The van der Waals surface area contributed by atoms with Crippen molar-refractivity contribution in [2.24, 2.45) is 0 Å². The minimum Gasteiger partial charge on any atom is -0.353 e. The molecule has 0 aliphatic heterocycles. The molecule has 0 bridgehead atoms. The van der Waals surface area contributed by atoms with Crippen LogP contribution in [0.1, 0.15) is 13.3 Å². The Bertz CT molecular complexity index is 415. The zero-order valence-electron chi connectivity index (χ0n) is 10.6. The van der Waals surface area contributed by atoms with Crippen LogP contribution in [0.4, 0.5) is 5.69 Å². The van der Waals surface area contributed by atoms with Crippen molar-refractivity contribution in [2.45, 2.75) is 13.3 Å². The van der Waals surface area contributed by atoms with E-state index in [4.69, 9.17) is 0 Å². The predicted octanol–water partition coefficient (Wildman–Crippen LogP) is 1.73. The van der Waals surface area contributed by atoms with Crippen molar-refractivity contribution >= 4 is 17.5 Å². The molecule has 2 amide bonds. The second kappa shape index (κ2) is 7.27. The molecular weight excluding hydrogens is 228 g/mol. The number of para-hydroxylation sites is 1. The van der Waals surface area contributed by atoms with Gasteiger partial charge in [-0.15, -0.1) is 6.58 Å². The molecule has 1 rings (SSSR count). The van der Waals surface area contributed by atoms with E-state index in [2.05, 4.69) is 11.9 Å². The lowest BCUT2D eigenvalue weighted by atomic mass is 10.2. The van der Waals surface area contributed by atoms with Crippen molar-refractivity contribution in [1.29, 1.82) is 0 Å². The highest BCUT2D eigenvalue weighted by molar-refractivity contribution is 5.92. The molecule has 0 radical (unpaired) electrons. The molecule has 4 nitrogen and oxygen atoms in total. The number of anilines is 1. The molecule has 0 saturated carbocycles. The van der Waals surface area contributed by atoms with E-state index in [0.29, 0.717) is 13.1 Å². The van der Waals surface area contributed by atoms with Gasteiger partial charge in [0.1, 0.15) is 0 Å². The van der Waals surface area contributed by atoms with Crippen LogP contribution in [-0.2, 0) is 9.59 Å². The van der Waals surface area contributed by atoms with Gasteiger partial charge in [-0.3, -0.25) is 9.59 Å². The third-order valence-electron chi connectivity index (χ3n) is 2.45. The second-order valence-electron chi connectivity index (χ2n) is 3.85. The number of benzene rings is 1. The first-order chi connectivity index (χ1) is 8.65. The van der Waals surface area contributed by atoms with E-state index in [9.17, 15) is 9.59 Å². The number of amides is 2. The van der Waals surface area contributed by atoms with Gasteiger partial charge in [0.15, 0.2) is 0 Å². The molecule has 0 aliphatic rings. The summed E-state index contributed by atoms with van der Waals surface area (Å²) in [4.78, 5) is 24.6. The Morgan fingerprint density at radius 2 is 2.00 bits per heavy atom. The Labute approximate surface area is 107 Å². The van der Waals surface area contributed by atoms with Gasteiger partial charge in [-0.1, -0.05) is 24.3 Å². The molecule has 1 aromatic rings. The van der Waals surface area contributed by atoms with Crippen molar-refractivity contribution < 1.29 is 9.59 Å². The zero-order valence-corrected chi connectivity index (χ0v) is 10.6. The van der Waals surface area contributed by atoms with Crippen LogP contribution in [0.15, 0.2) is 43.0 Å². The number of nitrogens with one attached hydrogen (secondary N) is 1. The summed E-state index contributed by atoms with van der Waals surface area (Å²) in [6.07, 6.45) is 1.90. The first-order valence-electron chi connectivity index (χ1n) is 5.86. The van der Waals surface area contributed by atoms with E-state index in [0.717, 1.165) is 5.69 Å². The van der Waals surface area contributed by atoms with Crippen molar-refractivity contribution in [1.82, 2.24) is 5.32 Å². The van der Waals surface area contributed by atoms with Gasteiger partial charge in [-0.2, -0.15) is 0 Å². The average molecular weight is 246 g/mol. The smallest absolute Gasteiger partial charge is 0.223 e. The Hall–Kier alpha value is -2.10. The van der Waals surface area contributed by atoms with Crippen LogP contribution in [0.3, 0.4) is 0 Å². The number of rotatable bonds is 6. The minimum absolute atomic E-state index is 0.0716. The molecule has 0 aliphatic carbocycles. The molecule has 0 heterocycles. The van der Waals surface area contributed by atoms with Gasteiger partial charge < -0.3 is 10.2 Å². The van der Waals surface area contributed by atoms with Crippen molar-refractivity contribution in [3.8, 4) is 0 Å². The highest BCUT2D eigenvalue weighted by atomic mass is 16.2. The first kappa shape index (κ1) is 14.0. The van der Waals surface area contributed by atoms with Crippen LogP contribution in [0.5, 0.6) is 0 Å². The van der Waals surface area contributed by atoms with Gasteiger partial charge in [-0.05, 0) is 12.1 Å². The molecule has 0 atom stereocenters. The highest BCUT2D eigenvalue weighted by Crippen LogP contribution is 2.13. The van der Waals surface area contributed by atoms with Crippen molar-refractivity contribution in [3.05, 3.63) is 43.0 Å². The lowest BCUT2D eigenvalue weighted by molar-refractivity contribution is -0.120. The minimum atomic E-state index is -0.0860. The molecule has 0 fully saturated rings. The first-order valence-corrected chi connectivity index (χ1v) is 5.86. The molecule has 0 unspecified atom stereocenters. The molecule has 4 heteroatoms. The summed E-state index contributed by atoms with van der Waals surface area (Å²) in [5.74, 6) is -0.158. The van der Waals surface area contributed by atoms with Gasteiger partial charge in [0.25, 0.3) is 0 Å². The number of carbonyl (C=O) groups is 2. The van der Waals surface area contributed by atoms with Gasteiger partial charge in [-0.25, -0.2) is 0 Å². The van der Waals surface area contributed by atoms with E-state index in [1.54, 1.807) is 11.0 Å². The van der Waals surface area contributed by atoms with Crippen LogP contribution in [0, 0.1) is 0 Å². The van der Waals surface area contributed by atoms with E-state index in [-0.39, 0.29) is 18.2 Å². The van der Waals surface area contributed by atoms with Crippen LogP contribution in [0.25, 0.3) is 0 Å². The van der Waals surface area contributed by atoms with Gasteiger partial charge in [0, 0.05) is 32.1 Å². The maximum absolute atomic E-state index is 11.5. The van der Waals surface area contributed by atoms with Crippen LogP contribution < -0.4 is 10.2 Å². The molecule has 18 heavy (non-hydrogen) atoms. The Balaban J connectivity index is 2.57. The predicted molar refractivity (Wildman–Crippen MR) is 72.3 cm³/mol. The van der Waals surface area contributed by atoms with Crippen LogP contribution in [0.2, 0.25) is 0 Å². The fraction of sp³-hybridized carbons (Fsp3) is 0.286. The summed E-state index contributed by atoms with van der Waals surface area (Å²) >= 11 is 0. The largest absolute Gasteiger partial charge is 0.353 e. The monoisotopic (exact) mass is 246 g/mol. The third kappa shape index (κ3) is 4.41. The maximum Gasteiger partial charge on any atom is 0.223 e. The number of hydrogen-bond donors (Lipinski definition) is 1. The Kier molecular flexibility index (Phi) is 5.64. The van der Waals surface area contributed by atoms with Gasteiger partial charge >= 0.3 is 0 Å². The third-order valence-corrected chi connectivity index (χ3v) is 2.45. The summed E-state index contributed by atoms with van der Waals surface area (Å²) in [5, 5.41) is 2.68. The standard InChI is InChI=1S/C14H18N2O2/c1-3-10-15-14(18)9-11-16(12(2)17)13-7-5-4-6-8-13/h3-8H,1,9-11H2,2H3,(H,15,18). The quantitative estimate of drug-likeness (QED) is 0.777. The summed E-state index contributed by atoms with van der Waals surface area (Å²) in [5.41, 5.74) is 0.807. The normalized spacial score (nSPS) is 9.61. The molecular formula is C14H18N2O2. The van der Waals surface area contributed by atoms with E-state index < -0.39 is 0 Å². The average Bonchev–Trinajstić information content (AvgIpc) is 2.37. The van der Waals surface area contributed by atoms with E-state index in [1.807, 2.05) is 30.3 Å². The highest BCUT2D eigenvalue weighted by Gasteiger charge is 2.12. The molecule has 0 spiro atoms. The Morgan fingerprint density at radius 1 is 1.33 bits per heavy atom. The molecule has 1 aromatic carbocycles. The lowest BCUT2D eigenvalue weighted by Crippen LogP contribution is -2.33. The fourth-order valence-corrected chi connectivity index (χ4v) is 1.56. The summed E-state index contributed by atoms with van der Waals surface area (Å²) in [6.45, 7) is 5.85. The van der Waals surface area contributed by atoms with Crippen LogP contribution in [-0.4, -0.2) is 24.9 Å². The van der Waals surface area contributed by atoms with Gasteiger partial charge in [0.05, 0.1) is 0 Å². The summed E-state index contributed by atoms with van der Waals surface area (Å²) in [6, 6.07) is 9.32. The SMILES string of the molecule is C=CCNC(=O)CCN(C(C)=O)c1ccccc1. The van der Waals surface area contributed by atoms with Crippen LogP contribution >= 0.6 is 0 Å².